The summed E-state index contributed by atoms with van der Waals surface area (Å²) in [5, 5.41) is 3.11. The van der Waals surface area contributed by atoms with Crippen molar-refractivity contribution in [2.24, 2.45) is 0 Å². The largest absolute Gasteiger partial charge is 0.374 e. The smallest absolute Gasteiger partial charge is 0.223 e. The predicted molar refractivity (Wildman–Crippen MR) is 89.9 cm³/mol. The molecule has 1 aliphatic rings. The third-order valence-electron chi connectivity index (χ3n) is 3.69. The maximum atomic E-state index is 11.6. The lowest BCUT2D eigenvalue weighted by Crippen LogP contribution is -2.47. The standard InChI is InChI=1S/C15H19N5O3S/c1-24(21,22)20-8-9-23-13(11-20)10-18-15-17-7-4-14(19-15)12-2-5-16-6-3-12/h2-7,13H,8-11H2,1H3,(H,17,18,19). The molecule has 1 atom stereocenters. The van der Waals surface area contributed by atoms with Crippen molar-refractivity contribution in [2.45, 2.75) is 6.10 Å². The van der Waals surface area contributed by atoms with E-state index in [-0.39, 0.29) is 6.10 Å². The minimum Gasteiger partial charge on any atom is -0.374 e. The van der Waals surface area contributed by atoms with Gasteiger partial charge in [0.2, 0.25) is 16.0 Å². The van der Waals surface area contributed by atoms with Crippen LogP contribution in [0.3, 0.4) is 0 Å². The molecular formula is C15H19N5O3S. The number of ether oxygens (including phenoxy) is 1. The van der Waals surface area contributed by atoms with Gasteiger partial charge in [0.1, 0.15) is 0 Å². The summed E-state index contributed by atoms with van der Waals surface area (Å²) in [6.45, 7) is 1.54. The first kappa shape index (κ1) is 16.7. The van der Waals surface area contributed by atoms with Crippen LogP contribution >= 0.6 is 0 Å². The number of nitrogens with one attached hydrogen (secondary N) is 1. The molecular weight excluding hydrogens is 330 g/mol. The Bertz CT molecular complexity index is 785. The van der Waals surface area contributed by atoms with E-state index in [1.165, 1.54) is 10.6 Å². The van der Waals surface area contributed by atoms with Crippen LogP contribution in [0, 0.1) is 0 Å². The number of aromatic nitrogens is 3. The van der Waals surface area contributed by atoms with E-state index in [9.17, 15) is 8.42 Å². The Morgan fingerprint density at radius 3 is 2.83 bits per heavy atom. The topological polar surface area (TPSA) is 97.3 Å². The molecule has 0 bridgehead atoms. The molecule has 0 spiro atoms. The van der Waals surface area contributed by atoms with Gasteiger partial charge in [-0.3, -0.25) is 4.98 Å². The molecule has 0 radical (unpaired) electrons. The number of nitrogens with zero attached hydrogens (tertiary/aromatic N) is 4. The van der Waals surface area contributed by atoms with Gasteiger partial charge in [-0.2, -0.15) is 4.31 Å². The van der Waals surface area contributed by atoms with E-state index in [4.69, 9.17) is 4.74 Å². The van der Waals surface area contributed by atoms with E-state index in [0.29, 0.717) is 32.2 Å². The fourth-order valence-corrected chi connectivity index (χ4v) is 3.29. The Hall–Kier alpha value is -2.10. The number of rotatable bonds is 5. The average molecular weight is 349 g/mol. The maximum Gasteiger partial charge on any atom is 0.223 e. The van der Waals surface area contributed by atoms with Gasteiger partial charge in [-0.25, -0.2) is 18.4 Å². The highest BCUT2D eigenvalue weighted by molar-refractivity contribution is 7.88. The second-order valence-electron chi connectivity index (χ2n) is 5.50. The third kappa shape index (κ3) is 4.25. The highest BCUT2D eigenvalue weighted by Crippen LogP contribution is 2.16. The van der Waals surface area contributed by atoms with Gasteiger partial charge in [0.25, 0.3) is 0 Å². The van der Waals surface area contributed by atoms with Gasteiger partial charge in [-0.15, -0.1) is 0 Å². The zero-order chi connectivity index (χ0) is 17.0. The molecule has 8 nitrogen and oxygen atoms in total. The molecule has 1 unspecified atom stereocenters. The van der Waals surface area contributed by atoms with Gasteiger partial charge in [0, 0.05) is 43.8 Å². The minimum absolute atomic E-state index is 0.235. The molecule has 0 saturated carbocycles. The van der Waals surface area contributed by atoms with Gasteiger partial charge >= 0.3 is 0 Å². The Balaban J connectivity index is 1.63. The van der Waals surface area contributed by atoms with Crippen molar-refractivity contribution in [3.05, 3.63) is 36.8 Å². The van der Waals surface area contributed by atoms with E-state index >= 15 is 0 Å². The Labute approximate surface area is 141 Å². The number of morpholine rings is 1. The van der Waals surface area contributed by atoms with Crippen molar-refractivity contribution in [2.75, 3.05) is 37.8 Å². The molecule has 0 amide bonds. The van der Waals surface area contributed by atoms with Gasteiger partial charge in [-0.05, 0) is 18.2 Å². The van der Waals surface area contributed by atoms with E-state index < -0.39 is 10.0 Å². The first-order chi connectivity index (χ1) is 11.5. The van der Waals surface area contributed by atoms with Gasteiger partial charge in [0.05, 0.1) is 24.7 Å². The maximum absolute atomic E-state index is 11.6. The highest BCUT2D eigenvalue weighted by atomic mass is 32.2. The summed E-state index contributed by atoms with van der Waals surface area (Å²) in [6, 6.07) is 5.57. The fourth-order valence-electron chi connectivity index (χ4n) is 2.45. The van der Waals surface area contributed by atoms with E-state index in [2.05, 4.69) is 20.3 Å². The monoisotopic (exact) mass is 349 g/mol. The fraction of sp³-hybridized carbons (Fsp3) is 0.400. The lowest BCUT2D eigenvalue weighted by Gasteiger charge is -2.31. The Kier molecular flexibility index (Phi) is 5.03. The van der Waals surface area contributed by atoms with Crippen LogP contribution in [0.25, 0.3) is 11.3 Å². The molecule has 0 aliphatic carbocycles. The zero-order valence-corrected chi connectivity index (χ0v) is 14.1. The summed E-state index contributed by atoms with van der Waals surface area (Å²) >= 11 is 0. The second-order valence-corrected chi connectivity index (χ2v) is 7.48. The van der Waals surface area contributed by atoms with E-state index in [1.54, 1.807) is 18.6 Å². The summed E-state index contributed by atoms with van der Waals surface area (Å²) in [4.78, 5) is 12.6. The molecule has 9 heteroatoms. The van der Waals surface area contributed by atoms with Crippen molar-refractivity contribution in [1.82, 2.24) is 19.3 Å². The van der Waals surface area contributed by atoms with Gasteiger partial charge in [-0.1, -0.05) is 0 Å². The van der Waals surface area contributed by atoms with Crippen molar-refractivity contribution in [1.29, 1.82) is 0 Å². The molecule has 128 valence electrons. The lowest BCUT2D eigenvalue weighted by atomic mass is 10.2. The van der Waals surface area contributed by atoms with Crippen LogP contribution in [0.4, 0.5) is 5.95 Å². The number of hydrogen-bond donors (Lipinski definition) is 1. The molecule has 3 heterocycles. The van der Waals surface area contributed by atoms with Crippen LogP contribution in [0.15, 0.2) is 36.8 Å². The molecule has 1 N–H and O–H groups in total. The van der Waals surface area contributed by atoms with Gasteiger partial charge < -0.3 is 10.1 Å². The lowest BCUT2D eigenvalue weighted by molar-refractivity contribution is 0.00696. The predicted octanol–water partition coefficient (Wildman–Crippen LogP) is 0.611. The summed E-state index contributed by atoms with van der Waals surface area (Å²) in [7, 11) is -3.20. The van der Waals surface area contributed by atoms with Crippen molar-refractivity contribution in [3.8, 4) is 11.3 Å². The molecule has 0 aromatic carbocycles. The molecule has 2 aromatic heterocycles. The molecule has 2 aromatic rings. The van der Waals surface area contributed by atoms with Crippen LogP contribution in [0.5, 0.6) is 0 Å². The first-order valence-electron chi connectivity index (χ1n) is 7.56. The van der Waals surface area contributed by atoms with Crippen LogP contribution in [-0.4, -0.2) is 66.3 Å². The summed E-state index contributed by atoms with van der Waals surface area (Å²) < 4.78 is 30.3. The van der Waals surface area contributed by atoms with Crippen molar-refractivity contribution < 1.29 is 13.2 Å². The first-order valence-corrected chi connectivity index (χ1v) is 9.41. The Morgan fingerprint density at radius 2 is 2.08 bits per heavy atom. The van der Waals surface area contributed by atoms with Gasteiger partial charge in [0.15, 0.2) is 0 Å². The molecule has 24 heavy (non-hydrogen) atoms. The number of hydrogen-bond acceptors (Lipinski definition) is 7. The normalized spacial score (nSPS) is 19.1. The average Bonchev–Trinajstić information content (AvgIpc) is 2.61. The van der Waals surface area contributed by atoms with Crippen molar-refractivity contribution in [3.63, 3.8) is 0 Å². The third-order valence-corrected chi connectivity index (χ3v) is 4.96. The molecule has 3 rings (SSSR count). The molecule has 1 fully saturated rings. The number of sulfonamides is 1. The van der Waals surface area contributed by atoms with E-state index in [1.807, 2.05) is 18.2 Å². The van der Waals surface area contributed by atoms with Crippen LogP contribution in [-0.2, 0) is 14.8 Å². The second kappa shape index (κ2) is 7.20. The van der Waals surface area contributed by atoms with Crippen LogP contribution in [0.1, 0.15) is 0 Å². The molecule has 1 aliphatic heterocycles. The number of pyridine rings is 1. The van der Waals surface area contributed by atoms with Crippen LogP contribution in [0.2, 0.25) is 0 Å². The molecule has 1 saturated heterocycles. The zero-order valence-electron chi connectivity index (χ0n) is 13.3. The Morgan fingerprint density at radius 1 is 1.29 bits per heavy atom. The summed E-state index contributed by atoms with van der Waals surface area (Å²) in [5.74, 6) is 0.476. The SMILES string of the molecule is CS(=O)(=O)N1CCOC(CNc2nccc(-c3ccncc3)n2)C1. The van der Waals surface area contributed by atoms with E-state index in [0.717, 1.165) is 11.3 Å². The highest BCUT2D eigenvalue weighted by Gasteiger charge is 2.26. The number of anilines is 1. The quantitative estimate of drug-likeness (QED) is 0.844. The van der Waals surface area contributed by atoms with Crippen molar-refractivity contribution >= 4 is 16.0 Å². The van der Waals surface area contributed by atoms with Crippen LogP contribution < -0.4 is 5.32 Å². The summed E-state index contributed by atoms with van der Waals surface area (Å²) in [6.07, 6.45) is 6.07. The minimum atomic E-state index is -3.20. The summed E-state index contributed by atoms with van der Waals surface area (Å²) in [5.41, 5.74) is 1.74.